The highest BCUT2D eigenvalue weighted by molar-refractivity contribution is 5.68. The van der Waals surface area contributed by atoms with E-state index in [2.05, 4.69) is 74.4 Å². The molecule has 0 spiro atoms. The Balaban J connectivity index is 2.19. The van der Waals surface area contributed by atoms with Gasteiger partial charge < -0.3 is 4.90 Å². The fraction of sp³-hybridized carbons (Fsp3) is 0.333. The second-order valence-electron chi connectivity index (χ2n) is 5.25. The van der Waals surface area contributed by atoms with E-state index in [1.165, 1.54) is 41.6 Å². The van der Waals surface area contributed by atoms with Crippen molar-refractivity contribution in [2.45, 2.75) is 26.2 Å². The van der Waals surface area contributed by atoms with Crippen LogP contribution in [-0.4, -0.2) is 14.1 Å². The molecule has 100 valence electrons. The van der Waals surface area contributed by atoms with Crippen molar-refractivity contribution in [2.24, 2.45) is 0 Å². The molecular weight excluding hydrogens is 230 g/mol. The number of aryl methyl sites for hydroxylation is 1. The number of hydrogen-bond acceptors (Lipinski definition) is 1. The third-order valence-electron chi connectivity index (χ3n) is 3.47. The van der Waals surface area contributed by atoms with Crippen molar-refractivity contribution in [3.63, 3.8) is 0 Å². The number of benzene rings is 2. The van der Waals surface area contributed by atoms with E-state index in [1.807, 2.05) is 0 Å². The van der Waals surface area contributed by atoms with Gasteiger partial charge in [0, 0.05) is 19.8 Å². The van der Waals surface area contributed by atoms with Gasteiger partial charge in [0.2, 0.25) is 0 Å². The lowest BCUT2D eigenvalue weighted by Gasteiger charge is -2.13. The normalized spacial score (nSPS) is 10.5. The Bertz CT molecular complexity index is 511. The average molecular weight is 253 g/mol. The van der Waals surface area contributed by atoms with Crippen LogP contribution in [0.4, 0.5) is 5.69 Å². The molecular formula is C18H23N. The standard InChI is InChI=1S/C18H23N/c1-4-5-7-15-10-12-16(13-11-15)17-8-6-9-18(14-17)19(2)3/h6,8-14H,4-5,7H2,1-3H3. The highest BCUT2D eigenvalue weighted by Gasteiger charge is 2.01. The van der Waals surface area contributed by atoms with Crippen LogP contribution in [-0.2, 0) is 6.42 Å². The topological polar surface area (TPSA) is 3.24 Å². The Morgan fingerprint density at radius 3 is 2.26 bits per heavy atom. The minimum Gasteiger partial charge on any atom is -0.378 e. The average Bonchev–Trinajstić information content (AvgIpc) is 2.46. The van der Waals surface area contributed by atoms with Gasteiger partial charge in [0.15, 0.2) is 0 Å². The maximum atomic E-state index is 2.26. The summed E-state index contributed by atoms with van der Waals surface area (Å²) in [6.45, 7) is 2.24. The summed E-state index contributed by atoms with van der Waals surface area (Å²) in [5.74, 6) is 0. The number of nitrogens with zero attached hydrogens (tertiary/aromatic N) is 1. The van der Waals surface area contributed by atoms with Crippen molar-refractivity contribution in [1.82, 2.24) is 0 Å². The Morgan fingerprint density at radius 2 is 1.63 bits per heavy atom. The van der Waals surface area contributed by atoms with Gasteiger partial charge in [-0.25, -0.2) is 0 Å². The molecule has 2 rings (SSSR count). The largest absolute Gasteiger partial charge is 0.378 e. The summed E-state index contributed by atoms with van der Waals surface area (Å²) < 4.78 is 0. The maximum Gasteiger partial charge on any atom is 0.0367 e. The molecule has 0 saturated carbocycles. The first-order valence-electron chi connectivity index (χ1n) is 7.07. The van der Waals surface area contributed by atoms with E-state index in [9.17, 15) is 0 Å². The van der Waals surface area contributed by atoms with Crippen LogP contribution in [0.2, 0.25) is 0 Å². The van der Waals surface area contributed by atoms with Crippen molar-refractivity contribution in [3.8, 4) is 11.1 Å². The quantitative estimate of drug-likeness (QED) is 0.742. The van der Waals surface area contributed by atoms with E-state index < -0.39 is 0 Å². The van der Waals surface area contributed by atoms with Gasteiger partial charge in [-0.05, 0) is 41.7 Å². The molecule has 0 amide bonds. The SMILES string of the molecule is CCCCc1ccc(-c2cccc(N(C)C)c2)cc1. The first-order valence-corrected chi connectivity index (χ1v) is 7.07. The first-order chi connectivity index (χ1) is 9.20. The predicted molar refractivity (Wildman–Crippen MR) is 84.8 cm³/mol. The predicted octanol–water partition coefficient (Wildman–Crippen LogP) is 4.76. The Labute approximate surface area is 116 Å². The number of rotatable bonds is 5. The molecule has 0 fully saturated rings. The number of unbranched alkanes of at least 4 members (excludes halogenated alkanes) is 1. The van der Waals surface area contributed by atoms with Gasteiger partial charge in [0.05, 0.1) is 0 Å². The molecule has 1 nitrogen and oxygen atoms in total. The summed E-state index contributed by atoms with van der Waals surface area (Å²) in [5, 5.41) is 0. The second-order valence-corrected chi connectivity index (χ2v) is 5.25. The molecule has 0 atom stereocenters. The van der Waals surface area contributed by atoms with E-state index >= 15 is 0 Å². The van der Waals surface area contributed by atoms with E-state index in [0.29, 0.717) is 0 Å². The molecule has 0 aliphatic heterocycles. The zero-order valence-corrected chi connectivity index (χ0v) is 12.2. The lowest BCUT2D eigenvalue weighted by molar-refractivity contribution is 0.795. The van der Waals surface area contributed by atoms with Crippen LogP contribution < -0.4 is 4.90 Å². The molecule has 2 aromatic carbocycles. The number of hydrogen-bond donors (Lipinski definition) is 0. The van der Waals surface area contributed by atoms with Gasteiger partial charge in [-0.3, -0.25) is 0 Å². The van der Waals surface area contributed by atoms with Gasteiger partial charge in [-0.15, -0.1) is 0 Å². The summed E-state index contributed by atoms with van der Waals surface area (Å²) in [6.07, 6.45) is 3.72. The molecule has 2 aromatic rings. The molecule has 19 heavy (non-hydrogen) atoms. The van der Waals surface area contributed by atoms with Crippen LogP contribution in [0.15, 0.2) is 48.5 Å². The fourth-order valence-corrected chi connectivity index (χ4v) is 2.21. The van der Waals surface area contributed by atoms with Crippen LogP contribution in [0.3, 0.4) is 0 Å². The van der Waals surface area contributed by atoms with Crippen LogP contribution in [0.5, 0.6) is 0 Å². The lowest BCUT2D eigenvalue weighted by atomic mass is 10.0. The second kappa shape index (κ2) is 6.42. The zero-order chi connectivity index (χ0) is 13.7. The molecule has 0 bridgehead atoms. The molecule has 0 heterocycles. The monoisotopic (exact) mass is 253 g/mol. The van der Waals surface area contributed by atoms with E-state index in [-0.39, 0.29) is 0 Å². The molecule has 0 aromatic heterocycles. The Hall–Kier alpha value is -1.76. The summed E-state index contributed by atoms with van der Waals surface area (Å²) >= 11 is 0. The van der Waals surface area contributed by atoms with Crippen LogP contribution >= 0.6 is 0 Å². The highest BCUT2D eigenvalue weighted by Crippen LogP contribution is 2.24. The third-order valence-corrected chi connectivity index (χ3v) is 3.47. The van der Waals surface area contributed by atoms with E-state index in [1.54, 1.807) is 0 Å². The van der Waals surface area contributed by atoms with Gasteiger partial charge in [0.1, 0.15) is 0 Å². The lowest BCUT2D eigenvalue weighted by Crippen LogP contribution is -2.08. The zero-order valence-electron chi connectivity index (χ0n) is 12.2. The maximum absolute atomic E-state index is 2.26. The van der Waals surface area contributed by atoms with Crippen molar-refractivity contribution in [2.75, 3.05) is 19.0 Å². The smallest absolute Gasteiger partial charge is 0.0367 e. The Morgan fingerprint density at radius 1 is 0.895 bits per heavy atom. The van der Waals surface area contributed by atoms with Crippen LogP contribution in [0.25, 0.3) is 11.1 Å². The van der Waals surface area contributed by atoms with Crippen molar-refractivity contribution in [1.29, 1.82) is 0 Å². The minimum absolute atomic E-state index is 1.19. The summed E-state index contributed by atoms with van der Waals surface area (Å²) in [4.78, 5) is 2.14. The highest BCUT2D eigenvalue weighted by atomic mass is 15.1. The van der Waals surface area contributed by atoms with Gasteiger partial charge in [0.25, 0.3) is 0 Å². The fourth-order valence-electron chi connectivity index (χ4n) is 2.21. The molecule has 1 heteroatoms. The minimum atomic E-state index is 1.19. The molecule has 0 aliphatic rings. The van der Waals surface area contributed by atoms with Crippen molar-refractivity contribution in [3.05, 3.63) is 54.1 Å². The van der Waals surface area contributed by atoms with Gasteiger partial charge in [-0.2, -0.15) is 0 Å². The van der Waals surface area contributed by atoms with Crippen molar-refractivity contribution >= 4 is 5.69 Å². The summed E-state index contributed by atoms with van der Waals surface area (Å²) in [5.41, 5.74) is 5.26. The Kier molecular flexibility index (Phi) is 4.62. The molecule has 0 N–H and O–H groups in total. The van der Waals surface area contributed by atoms with Crippen molar-refractivity contribution < 1.29 is 0 Å². The molecule has 0 radical (unpaired) electrons. The number of anilines is 1. The first kappa shape index (κ1) is 13.7. The van der Waals surface area contributed by atoms with E-state index in [4.69, 9.17) is 0 Å². The third kappa shape index (κ3) is 3.60. The van der Waals surface area contributed by atoms with Crippen LogP contribution in [0, 0.1) is 0 Å². The van der Waals surface area contributed by atoms with E-state index in [0.717, 1.165) is 0 Å². The van der Waals surface area contributed by atoms with Crippen LogP contribution in [0.1, 0.15) is 25.3 Å². The molecule has 0 saturated heterocycles. The van der Waals surface area contributed by atoms with Gasteiger partial charge >= 0.3 is 0 Å². The summed E-state index contributed by atoms with van der Waals surface area (Å²) in [7, 11) is 4.15. The van der Waals surface area contributed by atoms with Gasteiger partial charge in [-0.1, -0.05) is 49.7 Å². The summed E-state index contributed by atoms with van der Waals surface area (Å²) in [6, 6.07) is 17.7. The molecule has 0 unspecified atom stereocenters. The molecule has 0 aliphatic carbocycles.